The van der Waals surface area contributed by atoms with Gasteiger partial charge in [0, 0.05) is 13.1 Å². The molecule has 166 valence electrons. The minimum Gasteiger partial charge on any atom is -0.382 e. The topological polar surface area (TPSA) is 135 Å². The molecule has 1 fully saturated rings. The lowest BCUT2D eigenvalue weighted by Gasteiger charge is -2.39. The molecule has 2 aliphatic heterocycles. The zero-order valence-corrected chi connectivity index (χ0v) is 18.2. The summed E-state index contributed by atoms with van der Waals surface area (Å²) in [6.07, 6.45) is 13.6. The molecule has 3 aliphatic rings. The summed E-state index contributed by atoms with van der Waals surface area (Å²) in [6, 6.07) is 0. The normalized spacial score (nSPS) is 20.3. The van der Waals surface area contributed by atoms with E-state index in [0.717, 1.165) is 38.9 Å². The number of nitrogens with one attached hydrogen (secondary N) is 2. The summed E-state index contributed by atoms with van der Waals surface area (Å²) in [4.78, 5) is 27.8. The molecule has 0 atom stereocenters. The molecule has 4 rings (SSSR count). The van der Waals surface area contributed by atoms with E-state index in [2.05, 4.69) is 48.7 Å². The van der Waals surface area contributed by atoms with Gasteiger partial charge in [0.2, 0.25) is 0 Å². The average Bonchev–Trinajstić information content (AvgIpc) is 3.15. The second-order valence-electron chi connectivity index (χ2n) is 8.66. The maximum absolute atomic E-state index is 12.6. The highest BCUT2D eigenvalue weighted by atomic mass is 16.2. The van der Waals surface area contributed by atoms with Crippen LogP contribution >= 0.6 is 0 Å². The van der Waals surface area contributed by atoms with E-state index in [4.69, 9.17) is 11.5 Å². The average molecular weight is 425 g/mol. The Balaban J connectivity index is 1.23. The van der Waals surface area contributed by atoms with Crippen LogP contribution < -0.4 is 22.1 Å². The van der Waals surface area contributed by atoms with Gasteiger partial charge in [0.15, 0.2) is 17.5 Å². The van der Waals surface area contributed by atoms with E-state index in [1.54, 1.807) is 6.92 Å². The number of aromatic nitrogens is 2. The van der Waals surface area contributed by atoms with Crippen LogP contribution in [0.4, 0.5) is 11.6 Å². The fourth-order valence-electron chi connectivity index (χ4n) is 4.36. The Hall–Kier alpha value is -2.94. The third-order valence-electron chi connectivity index (χ3n) is 6.33. The number of hydrogen-bond donors (Lipinski definition) is 4. The van der Waals surface area contributed by atoms with Crippen molar-refractivity contribution in [3.05, 3.63) is 35.2 Å². The van der Waals surface area contributed by atoms with E-state index < -0.39 is 5.91 Å². The van der Waals surface area contributed by atoms with Gasteiger partial charge in [-0.3, -0.25) is 15.1 Å². The van der Waals surface area contributed by atoms with Crippen molar-refractivity contribution in [1.29, 1.82) is 0 Å². The fraction of sp³-hybridized carbons (Fsp3) is 0.545. The van der Waals surface area contributed by atoms with Gasteiger partial charge in [0.1, 0.15) is 5.82 Å². The van der Waals surface area contributed by atoms with Gasteiger partial charge in [-0.25, -0.2) is 9.97 Å². The van der Waals surface area contributed by atoms with Crippen molar-refractivity contribution in [3.63, 3.8) is 0 Å². The lowest BCUT2D eigenvalue weighted by Crippen LogP contribution is -2.56. The number of nitrogens with zero attached hydrogens (tertiary/aromatic N) is 4. The first kappa shape index (κ1) is 21.3. The zero-order valence-electron chi connectivity index (χ0n) is 18.2. The second-order valence-corrected chi connectivity index (χ2v) is 8.66. The number of nitrogens with two attached hydrogens (primary N) is 2. The molecule has 1 amide bonds. The van der Waals surface area contributed by atoms with Gasteiger partial charge in [-0.05, 0) is 52.0 Å². The zero-order chi connectivity index (χ0) is 21.8. The summed E-state index contributed by atoms with van der Waals surface area (Å²) >= 11 is 0. The van der Waals surface area contributed by atoms with Gasteiger partial charge in [-0.1, -0.05) is 23.8 Å². The molecule has 9 heteroatoms. The molecule has 3 heterocycles. The van der Waals surface area contributed by atoms with E-state index in [9.17, 15) is 4.79 Å². The van der Waals surface area contributed by atoms with Crippen molar-refractivity contribution in [2.24, 2.45) is 4.99 Å². The maximum Gasteiger partial charge on any atom is 0.280 e. The molecular weight excluding hydrogens is 392 g/mol. The quantitative estimate of drug-likeness (QED) is 0.563. The number of hydrogen-bond acceptors (Lipinski definition) is 8. The Kier molecular flexibility index (Phi) is 6.22. The van der Waals surface area contributed by atoms with Gasteiger partial charge >= 0.3 is 0 Å². The van der Waals surface area contributed by atoms with Crippen LogP contribution in [0.3, 0.4) is 0 Å². The number of guanidine groups is 1. The van der Waals surface area contributed by atoms with Crippen molar-refractivity contribution in [3.8, 4) is 0 Å². The highest BCUT2D eigenvalue weighted by molar-refractivity contribution is 6.07. The Morgan fingerprint density at radius 2 is 2.03 bits per heavy atom. The first-order valence-corrected chi connectivity index (χ1v) is 11.1. The van der Waals surface area contributed by atoms with E-state index in [1.807, 2.05) is 0 Å². The second kappa shape index (κ2) is 9.05. The Labute approximate surface area is 183 Å². The molecule has 0 bridgehead atoms. The van der Waals surface area contributed by atoms with E-state index in [1.165, 1.54) is 24.8 Å². The highest BCUT2D eigenvalue weighted by Gasteiger charge is 2.39. The molecule has 6 N–H and O–H groups in total. The molecule has 1 aromatic rings. The van der Waals surface area contributed by atoms with Gasteiger partial charge in [-0.15, -0.1) is 0 Å². The largest absolute Gasteiger partial charge is 0.382 e. The summed E-state index contributed by atoms with van der Waals surface area (Å²) in [6.45, 7) is 5.55. The van der Waals surface area contributed by atoms with Crippen LogP contribution in [-0.4, -0.2) is 58.5 Å². The summed E-state index contributed by atoms with van der Waals surface area (Å²) < 4.78 is 0. The van der Waals surface area contributed by atoms with Crippen LogP contribution in [0.2, 0.25) is 0 Å². The number of aliphatic imine (C=N–C) groups is 1. The number of amides is 1. The molecule has 1 aromatic heterocycles. The molecule has 1 saturated heterocycles. The first-order chi connectivity index (χ1) is 14.9. The number of rotatable bonds is 5. The van der Waals surface area contributed by atoms with Crippen molar-refractivity contribution in [2.45, 2.75) is 51.0 Å². The third kappa shape index (κ3) is 5.04. The lowest BCUT2D eigenvalue weighted by atomic mass is 9.88. The summed E-state index contributed by atoms with van der Waals surface area (Å²) in [5, 5.41) is 6.23. The van der Waals surface area contributed by atoms with Gasteiger partial charge < -0.3 is 21.7 Å². The number of carbonyl (C=O) groups excluding carboxylic acids is 1. The number of likely N-dealkylation sites (tertiary alicyclic amines) is 1. The Morgan fingerprint density at radius 3 is 2.77 bits per heavy atom. The fourth-order valence-corrected chi connectivity index (χ4v) is 4.36. The van der Waals surface area contributed by atoms with E-state index in [0.29, 0.717) is 18.2 Å². The minimum absolute atomic E-state index is 0.0155. The SMILES string of the molecule is Cc1nc(C(=O)NC2=NCC3(CCN(CCCC4=CCCC=C4)CC3)N2)c(N)nc1N. The molecule has 1 aliphatic carbocycles. The minimum atomic E-state index is -0.431. The smallest absolute Gasteiger partial charge is 0.280 e. The van der Waals surface area contributed by atoms with E-state index >= 15 is 0 Å². The molecule has 0 radical (unpaired) electrons. The Bertz CT molecular complexity index is 928. The number of anilines is 2. The summed E-state index contributed by atoms with van der Waals surface area (Å²) in [7, 11) is 0. The number of aryl methyl sites for hydroxylation is 1. The lowest BCUT2D eigenvalue weighted by molar-refractivity contribution is 0.0970. The molecule has 0 aromatic carbocycles. The van der Waals surface area contributed by atoms with Crippen molar-refractivity contribution < 1.29 is 4.79 Å². The van der Waals surface area contributed by atoms with Gasteiger partial charge in [0.05, 0.1) is 17.8 Å². The van der Waals surface area contributed by atoms with Crippen molar-refractivity contribution >= 4 is 23.5 Å². The number of allylic oxidation sites excluding steroid dienone is 4. The standard InChI is InChI=1S/C22H32N8O/c1-15-18(23)27-19(24)17(26-15)20(31)28-21-25-14-22(29-21)9-12-30(13-10-22)11-5-8-16-6-3-2-4-7-16/h3,6-7H,2,4-5,8-14H2,1H3,(H4,23,24,27)(H2,25,28,29,31). The molecule has 1 spiro atoms. The predicted molar refractivity (Wildman–Crippen MR) is 123 cm³/mol. The highest BCUT2D eigenvalue weighted by Crippen LogP contribution is 2.26. The van der Waals surface area contributed by atoms with Crippen molar-refractivity contribution in [2.75, 3.05) is 37.6 Å². The first-order valence-electron chi connectivity index (χ1n) is 11.1. The molecule has 0 unspecified atom stereocenters. The molecular formula is C22H32N8O. The van der Waals surface area contributed by atoms with Crippen LogP contribution in [0, 0.1) is 6.92 Å². The van der Waals surface area contributed by atoms with Gasteiger partial charge in [-0.2, -0.15) is 0 Å². The predicted octanol–water partition coefficient (Wildman–Crippen LogP) is 1.53. The summed E-state index contributed by atoms with van der Waals surface area (Å²) in [5.74, 6) is 0.287. The monoisotopic (exact) mass is 424 g/mol. The van der Waals surface area contributed by atoms with Crippen LogP contribution in [0.5, 0.6) is 0 Å². The third-order valence-corrected chi connectivity index (χ3v) is 6.33. The Morgan fingerprint density at radius 1 is 1.23 bits per heavy atom. The maximum atomic E-state index is 12.6. The van der Waals surface area contributed by atoms with Crippen LogP contribution in [-0.2, 0) is 0 Å². The molecule has 31 heavy (non-hydrogen) atoms. The van der Waals surface area contributed by atoms with Gasteiger partial charge in [0.25, 0.3) is 5.91 Å². The van der Waals surface area contributed by atoms with E-state index in [-0.39, 0.29) is 22.9 Å². The molecule has 0 saturated carbocycles. The summed E-state index contributed by atoms with van der Waals surface area (Å²) in [5.41, 5.74) is 13.4. The number of piperidine rings is 1. The number of carbonyl (C=O) groups is 1. The molecule has 9 nitrogen and oxygen atoms in total. The van der Waals surface area contributed by atoms with Crippen LogP contribution in [0.25, 0.3) is 0 Å². The van der Waals surface area contributed by atoms with Crippen LogP contribution in [0.15, 0.2) is 28.8 Å². The van der Waals surface area contributed by atoms with Crippen molar-refractivity contribution in [1.82, 2.24) is 25.5 Å². The van der Waals surface area contributed by atoms with Crippen LogP contribution in [0.1, 0.15) is 54.7 Å². The number of nitrogen functional groups attached to an aromatic ring is 2.